The number of hydrogen-bond donors (Lipinski definition) is 3. The fourth-order valence-corrected chi connectivity index (χ4v) is 2.53. The summed E-state index contributed by atoms with van der Waals surface area (Å²) in [5, 5.41) is 29.9. The summed E-state index contributed by atoms with van der Waals surface area (Å²) < 4.78 is 24.1. The van der Waals surface area contributed by atoms with E-state index < -0.39 is 35.9 Å². The largest absolute Gasteiger partial charge is 0.507 e. The number of rotatable bonds is 1. The fraction of sp³-hybridized carbons (Fsp3) is 0.368. The van der Waals surface area contributed by atoms with E-state index in [1.165, 1.54) is 38.3 Å². The van der Waals surface area contributed by atoms with Gasteiger partial charge in [0, 0.05) is 12.5 Å². The Bertz CT molecular complexity index is 785. The Hall–Kier alpha value is -2.71. The molecular formula is C19H21FO7. The second-order valence-electron chi connectivity index (χ2n) is 6.13. The number of benzene rings is 1. The molecular weight excluding hydrogens is 359 g/mol. The summed E-state index contributed by atoms with van der Waals surface area (Å²) >= 11 is 0. The number of esters is 1. The Kier molecular flexibility index (Phi) is 6.70. The number of carbonyl (C=O) groups is 2. The van der Waals surface area contributed by atoms with Crippen LogP contribution in [-0.2, 0) is 9.53 Å². The number of aromatic hydroxyl groups is 1. The standard InChI is InChI=1S/C19H21FO7/c1-10-6-7-13(20)17(23)18(24)14(21)5-3-4-11-8-12(26-2)9-15(22)16(11)19(25)27-10/h3-4,7-10,14,18,21-22,24H,5-6H2,1-2H3/b4-3+,13-7-/t10?,14-,18?/m0/s1. The molecule has 0 spiro atoms. The van der Waals surface area contributed by atoms with Gasteiger partial charge in [0.05, 0.1) is 13.2 Å². The van der Waals surface area contributed by atoms with Crippen LogP contribution in [0.3, 0.4) is 0 Å². The van der Waals surface area contributed by atoms with Crippen molar-refractivity contribution in [2.24, 2.45) is 0 Å². The predicted molar refractivity (Wildman–Crippen MR) is 94.0 cm³/mol. The Morgan fingerprint density at radius 2 is 1.93 bits per heavy atom. The van der Waals surface area contributed by atoms with E-state index in [1.54, 1.807) is 0 Å². The predicted octanol–water partition coefficient (Wildman–Crippen LogP) is 1.90. The molecule has 0 saturated carbocycles. The third-order valence-electron chi connectivity index (χ3n) is 4.04. The number of fused-ring (bicyclic) bond motifs is 1. The van der Waals surface area contributed by atoms with Gasteiger partial charge in [-0.05, 0) is 31.1 Å². The van der Waals surface area contributed by atoms with Gasteiger partial charge in [0.15, 0.2) is 5.83 Å². The summed E-state index contributed by atoms with van der Waals surface area (Å²) in [5.74, 6) is -3.38. The number of carbonyl (C=O) groups excluding carboxylic acids is 2. The van der Waals surface area contributed by atoms with Crippen LogP contribution in [0.1, 0.15) is 35.7 Å². The molecule has 2 rings (SSSR count). The number of ether oxygens (including phenoxy) is 2. The van der Waals surface area contributed by atoms with Crippen LogP contribution in [0.15, 0.2) is 30.1 Å². The van der Waals surface area contributed by atoms with E-state index >= 15 is 0 Å². The molecule has 1 aliphatic rings. The summed E-state index contributed by atoms with van der Waals surface area (Å²) in [6, 6.07) is 2.73. The Labute approximate surface area is 155 Å². The molecule has 27 heavy (non-hydrogen) atoms. The molecule has 0 radical (unpaired) electrons. The van der Waals surface area contributed by atoms with E-state index in [1.807, 2.05) is 0 Å². The van der Waals surface area contributed by atoms with Gasteiger partial charge in [-0.1, -0.05) is 12.2 Å². The van der Waals surface area contributed by atoms with Crippen LogP contribution in [-0.4, -0.2) is 52.5 Å². The zero-order chi connectivity index (χ0) is 20.1. The number of hydrogen-bond acceptors (Lipinski definition) is 7. The number of phenolic OH excluding ortho intramolecular Hbond substituents is 1. The van der Waals surface area contributed by atoms with E-state index in [-0.39, 0.29) is 29.7 Å². The normalized spacial score (nSPS) is 27.6. The highest BCUT2D eigenvalue weighted by Crippen LogP contribution is 2.30. The SMILES string of the molecule is COc1cc(O)c2c(c1)/C=C/C[C@H](O)C(O)C(=O)/C(F)=C/CC(C)OC2=O. The van der Waals surface area contributed by atoms with Crippen LogP contribution in [0.5, 0.6) is 11.5 Å². The Morgan fingerprint density at radius 3 is 2.59 bits per heavy atom. The lowest BCUT2D eigenvalue weighted by molar-refractivity contribution is -0.130. The van der Waals surface area contributed by atoms with Crippen molar-refractivity contribution in [1.29, 1.82) is 0 Å². The first-order valence-electron chi connectivity index (χ1n) is 8.29. The van der Waals surface area contributed by atoms with E-state index in [9.17, 15) is 29.3 Å². The maximum atomic E-state index is 13.9. The molecule has 8 heteroatoms. The minimum Gasteiger partial charge on any atom is -0.507 e. The van der Waals surface area contributed by atoms with E-state index in [2.05, 4.69) is 0 Å². The van der Waals surface area contributed by atoms with Gasteiger partial charge in [0.1, 0.15) is 29.3 Å². The van der Waals surface area contributed by atoms with Crippen LogP contribution >= 0.6 is 0 Å². The molecule has 1 aromatic carbocycles. The minimum atomic E-state index is -1.93. The number of phenols is 1. The molecule has 3 atom stereocenters. The van der Waals surface area contributed by atoms with Gasteiger partial charge in [0.25, 0.3) is 0 Å². The third-order valence-corrected chi connectivity index (χ3v) is 4.04. The lowest BCUT2D eigenvalue weighted by Gasteiger charge is -2.17. The molecule has 0 aliphatic carbocycles. The first-order valence-corrected chi connectivity index (χ1v) is 8.29. The second-order valence-corrected chi connectivity index (χ2v) is 6.13. The Morgan fingerprint density at radius 1 is 1.22 bits per heavy atom. The number of Topliss-reactive ketones (excluding diaryl/α,β-unsaturated/α-hetero) is 1. The van der Waals surface area contributed by atoms with Crippen LogP contribution in [0.25, 0.3) is 6.08 Å². The second kappa shape index (κ2) is 8.79. The van der Waals surface area contributed by atoms with E-state index in [0.717, 1.165) is 6.08 Å². The van der Waals surface area contributed by atoms with Crippen molar-refractivity contribution in [3.63, 3.8) is 0 Å². The zero-order valence-corrected chi connectivity index (χ0v) is 14.9. The minimum absolute atomic E-state index is 0.119. The van der Waals surface area contributed by atoms with Gasteiger partial charge in [-0.2, -0.15) is 0 Å². The topological polar surface area (TPSA) is 113 Å². The van der Waals surface area contributed by atoms with Crippen molar-refractivity contribution in [2.75, 3.05) is 7.11 Å². The smallest absolute Gasteiger partial charge is 0.342 e. The van der Waals surface area contributed by atoms with Crippen LogP contribution < -0.4 is 4.74 Å². The number of ketones is 1. The lowest BCUT2D eigenvalue weighted by atomic mass is 10.0. The molecule has 0 fully saturated rings. The van der Waals surface area contributed by atoms with Gasteiger partial charge in [-0.15, -0.1) is 0 Å². The average Bonchev–Trinajstić information content (AvgIpc) is 2.63. The van der Waals surface area contributed by atoms with Crippen LogP contribution in [0.2, 0.25) is 0 Å². The van der Waals surface area contributed by atoms with Gasteiger partial charge in [0.2, 0.25) is 5.78 Å². The molecule has 1 aromatic rings. The van der Waals surface area contributed by atoms with Crippen molar-refractivity contribution < 1.29 is 38.8 Å². The van der Waals surface area contributed by atoms with Gasteiger partial charge >= 0.3 is 5.97 Å². The first-order chi connectivity index (χ1) is 12.7. The number of cyclic esters (lactones) is 1. The molecule has 2 unspecified atom stereocenters. The molecule has 0 amide bonds. The molecule has 0 bridgehead atoms. The van der Waals surface area contributed by atoms with Crippen LogP contribution in [0.4, 0.5) is 4.39 Å². The average molecular weight is 380 g/mol. The zero-order valence-electron chi connectivity index (χ0n) is 14.9. The number of aliphatic hydroxyl groups excluding tert-OH is 2. The third kappa shape index (κ3) is 4.93. The summed E-state index contributed by atoms with van der Waals surface area (Å²) in [4.78, 5) is 24.2. The van der Waals surface area contributed by atoms with Crippen molar-refractivity contribution in [2.45, 2.75) is 38.1 Å². The summed E-state index contributed by atoms with van der Waals surface area (Å²) in [7, 11) is 1.39. The highest BCUT2D eigenvalue weighted by molar-refractivity contribution is 5.98. The molecule has 3 N–H and O–H groups in total. The van der Waals surface area contributed by atoms with Crippen LogP contribution in [0, 0.1) is 0 Å². The van der Waals surface area contributed by atoms with Gasteiger partial charge in [-0.25, -0.2) is 9.18 Å². The number of methoxy groups -OCH3 is 1. The summed E-state index contributed by atoms with van der Waals surface area (Å²) in [6.45, 7) is 1.49. The van der Waals surface area contributed by atoms with Gasteiger partial charge < -0.3 is 24.8 Å². The molecule has 1 heterocycles. The Balaban J connectivity index is 2.48. The van der Waals surface area contributed by atoms with Crippen molar-refractivity contribution in [3.8, 4) is 11.5 Å². The quantitative estimate of drug-likeness (QED) is 0.638. The molecule has 0 saturated heterocycles. The van der Waals surface area contributed by atoms with Crippen molar-refractivity contribution in [3.05, 3.63) is 41.2 Å². The first kappa shape index (κ1) is 20.6. The highest BCUT2D eigenvalue weighted by atomic mass is 19.1. The lowest BCUT2D eigenvalue weighted by Crippen LogP contribution is -2.34. The maximum absolute atomic E-state index is 13.9. The van der Waals surface area contributed by atoms with Crippen molar-refractivity contribution in [1.82, 2.24) is 0 Å². The fourth-order valence-electron chi connectivity index (χ4n) is 2.53. The van der Waals surface area contributed by atoms with E-state index in [0.29, 0.717) is 5.75 Å². The summed E-state index contributed by atoms with van der Waals surface area (Å²) in [5.41, 5.74) is 0.141. The maximum Gasteiger partial charge on any atom is 0.342 e. The summed E-state index contributed by atoms with van der Waals surface area (Å²) in [6.07, 6.45) is -0.929. The van der Waals surface area contributed by atoms with Gasteiger partial charge in [-0.3, -0.25) is 4.79 Å². The highest BCUT2D eigenvalue weighted by Gasteiger charge is 2.27. The van der Waals surface area contributed by atoms with Crippen molar-refractivity contribution >= 4 is 17.8 Å². The molecule has 0 aromatic heterocycles. The number of halogens is 1. The molecule has 1 aliphatic heterocycles. The monoisotopic (exact) mass is 380 g/mol. The molecule has 7 nitrogen and oxygen atoms in total. The van der Waals surface area contributed by atoms with E-state index in [4.69, 9.17) is 9.47 Å². The number of aliphatic hydroxyl groups is 2. The molecule has 146 valence electrons.